The molecule has 1 aromatic rings. The maximum Gasteiger partial charge on any atom is 0.129 e. The average Bonchev–Trinajstić information content (AvgIpc) is 2.30. The van der Waals surface area contributed by atoms with Crippen LogP contribution in [0.1, 0.15) is 44.6 Å². The molecule has 3 heteroatoms. The van der Waals surface area contributed by atoms with Crippen molar-refractivity contribution in [3.8, 4) is 0 Å². The van der Waals surface area contributed by atoms with Crippen LogP contribution in [0.2, 0.25) is 0 Å². The highest BCUT2D eigenvalue weighted by Crippen LogP contribution is 2.16. The molecule has 0 aromatic heterocycles. The smallest absolute Gasteiger partial charge is 0.129 e. The minimum Gasteiger partial charge on any atom is -0.377 e. The molecular formula is C14H20BrFO. The van der Waals surface area contributed by atoms with Gasteiger partial charge in [-0.3, -0.25) is 0 Å². The maximum absolute atomic E-state index is 13.4. The summed E-state index contributed by atoms with van der Waals surface area (Å²) >= 11 is 3.23. The first kappa shape index (κ1) is 14.7. The zero-order chi connectivity index (χ0) is 12.5. The van der Waals surface area contributed by atoms with Crippen molar-refractivity contribution >= 4 is 15.9 Å². The third-order valence-corrected chi connectivity index (χ3v) is 3.16. The molecule has 0 heterocycles. The second-order valence-electron chi connectivity index (χ2n) is 4.20. The first-order valence-corrected chi connectivity index (χ1v) is 7.05. The van der Waals surface area contributed by atoms with Gasteiger partial charge in [0.25, 0.3) is 0 Å². The summed E-state index contributed by atoms with van der Waals surface area (Å²) in [7, 11) is 0. The molecule has 1 nitrogen and oxygen atoms in total. The molecule has 96 valence electrons. The molecule has 0 radical (unpaired) electrons. The van der Waals surface area contributed by atoms with E-state index >= 15 is 0 Å². The van der Waals surface area contributed by atoms with Gasteiger partial charge in [0.15, 0.2) is 0 Å². The Hall–Kier alpha value is -0.410. The molecule has 0 aliphatic rings. The SMILES string of the molecule is CCCCCCCOCc1ccc(Br)cc1F. The minimum atomic E-state index is -0.203. The van der Waals surface area contributed by atoms with Crippen LogP contribution in [0.4, 0.5) is 4.39 Å². The normalized spacial score (nSPS) is 10.8. The Morgan fingerprint density at radius 3 is 2.65 bits per heavy atom. The molecular weight excluding hydrogens is 283 g/mol. The fraction of sp³-hybridized carbons (Fsp3) is 0.571. The minimum absolute atomic E-state index is 0.203. The number of hydrogen-bond donors (Lipinski definition) is 0. The Labute approximate surface area is 111 Å². The first-order chi connectivity index (χ1) is 8.24. The summed E-state index contributed by atoms with van der Waals surface area (Å²) < 4.78 is 19.6. The molecule has 0 saturated heterocycles. The van der Waals surface area contributed by atoms with Gasteiger partial charge in [-0.15, -0.1) is 0 Å². The summed E-state index contributed by atoms with van der Waals surface area (Å²) in [5.74, 6) is -0.203. The van der Waals surface area contributed by atoms with Crippen LogP contribution >= 0.6 is 15.9 Å². The first-order valence-electron chi connectivity index (χ1n) is 6.25. The molecule has 0 amide bonds. The summed E-state index contributed by atoms with van der Waals surface area (Å²) in [6.07, 6.45) is 6.09. The van der Waals surface area contributed by atoms with Gasteiger partial charge < -0.3 is 4.74 Å². The molecule has 0 bridgehead atoms. The fourth-order valence-electron chi connectivity index (χ4n) is 1.63. The Kier molecular flexibility index (Phi) is 7.45. The highest BCUT2D eigenvalue weighted by molar-refractivity contribution is 9.10. The fourth-order valence-corrected chi connectivity index (χ4v) is 1.96. The van der Waals surface area contributed by atoms with Gasteiger partial charge in [-0.1, -0.05) is 54.6 Å². The van der Waals surface area contributed by atoms with Crippen LogP contribution in [0.15, 0.2) is 22.7 Å². The van der Waals surface area contributed by atoms with E-state index < -0.39 is 0 Å². The predicted molar refractivity (Wildman–Crippen MR) is 72.5 cm³/mol. The molecule has 0 atom stereocenters. The van der Waals surface area contributed by atoms with E-state index in [1.165, 1.54) is 31.7 Å². The molecule has 0 aliphatic carbocycles. The number of ether oxygens (including phenoxy) is 1. The van der Waals surface area contributed by atoms with E-state index in [0.717, 1.165) is 17.5 Å². The van der Waals surface area contributed by atoms with Gasteiger partial charge in [0.05, 0.1) is 6.61 Å². The average molecular weight is 303 g/mol. The van der Waals surface area contributed by atoms with Gasteiger partial charge in [-0.25, -0.2) is 4.39 Å². The van der Waals surface area contributed by atoms with Gasteiger partial charge in [-0.05, 0) is 18.6 Å². The van der Waals surface area contributed by atoms with Gasteiger partial charge in [-0.2, -0.15) is 0 Å². The number of halogens is 2. The molecule has 0 aliphatic heterocycles. The lowest BCUT2D eigenvalue weighted by atomic mass is 10.2. The van der Waals surface area contributed by atoms with Crippen LogP contribution in [0, 0.1) is 5.82 Å². The van der Waals surface area contributed by atoms with E-state index in [9.17, 15) is 4.39 Å². The number of hydrogen-bond acceptors (Lipinski definition) is 1. The highest BCUT2D eigenvalue weighted by Gasteiger charge is 2.02. The van der Waals surface area contributed by atoms with Gasteiger partial charge in [0.1, 0.15) is 5.82 Å². The van der Waals surface area contributed by atoms with E-state index in [1.807, 2.05) is 6.07 Å². The van der Waals surface area contributed by atoms with Crippen molar-refractivity contribution in [2.24, 2.45) is 0 Å². The van der Waals surface area contributed by atoms with E-state index in [2.05, 4.69) is 22.9 Å². The van der Waals surface area contributed by atoms with E-state index in [0.29, 0.717) is 12.2 Å². The highest BCUT2D eigenvalue weighted by atomic mass is 79.9. The van der Waals surface area contributed by atoms with Gasteiger partial charge in [0.2, 0.25) is 0 Å². The number of unbranched alkanes of at least 4 members (excludes halogenated alkanes) is 4. The van der Waals surface area contributed by atoms with Crippen LogP contribution < -0.4 is 0 Å². The van der Waals surface area contributed by atoms with Gasteiger partial charge >= 0.3 is 0 Å². The van der Waals surface area contributed by atoms with Crippen LogP contribution in [0.25, 0.3) is 0 Å². The monoisotopic (exact) mass is 302 g/mol. The molecule has 17 heavy (non-hydrogen) atoms. The molecule has 0 fully saturated rings. The van der Waals surface area contributed by atoms with Gasteiger partial charge in [0, 0.05) is 16.6 Å². The molecule has 0 N–H and O–H groups in total. The predicted octanol–water partition coefficient (Wildman–Crippen LogP) is 5.08. The third-order valence-electron chi connectivity index (χ3n) is 2.66. The van der Waals surface area contributed by atoms with Crippen molar-refractivity contribution in [2.75, 3.05) is 6.61 Å². The van der Waals surface area contributed by atoms with Crippen molar-refractivity contribution in [1.82, 2.24) is 0 Å². The summed E-state index contributed by atoms with van der Waals surface area (Å²) in [5.41, 5.74) is 0.627. The van der Waals surface area contributed by atoms with E-state index in [1.54, 1.807) is 6.07 Å². The summed E-state index contributed by atoms with van der Waals surface area (Å²) in [4.78, 5) is 0. The van der Waals surface area contributed by atoms with Crippen LogP contribution in [-0.2, 0) is 11.3 Å². The third kappa shape index (κ3) is 6.18. The molecule has 0 spiro atoms. The zero-order valence-electron chi connectivity index (χ0n) is 10.3. The summed E-state index contributed by atoms with van der Waals surface area (Å²) in [6, 6.07) is 5.07. The van der Waals surface area contributed by atoms with Crippen molar-refractivity contribution in [3.63, 3.8) is 0 Å². The molecule has 0 saturated carbocycles. The Balaban J connectivity index is 2.14. The topological polar surface area (TPSA) is 9.23 Å². The van der Waals surface area contributed by atoms with Crippen molar-refractivity contribution < 1.29 is 9.13 Å². The molecule has 1 aromatic carbocycles. The van der Waals surface area contributed by atoms with E-state index in [4.69, 9.17) is 4.74 Å². The Morgan fingerprint density at radius 2 is 1.94 bits per heavy atom. The quantitative estimate of drug-likeness (QED) is 0.609. The second kappa shape index (κ2) is 8.65. The lowest BCUT2D eigenvalue weighted by Crippen LogP contribution is -1.98. The zero-order valence-corrected chi connectivity index (χ0v) is 11.9. The lowest BCUT2D eigenvalue weighted by molar-refractivity contribution is 0.114. The standard InChI is InChI=1S/C14H20BrFO/c1-2-3-4-5-6-9-17-11-12-7-8-13(15)10-14(12)16/h7-8,10H,2-6,9,11H2,1H3. The lowest BCUT2D eigenvalue weighted by Gasteiger charge is -2.05. The van der Waals surface area contributed by atoms with E-state index in [-0.39, 0.29) is 5.82 Å². The Morgan fingerprint density at radius 1 is 1.18 bits per heavy atom. The summed E-state index contributed by atoms with van der Waals surface area (Å²) in [5, 5.41) is 0. The molecule has 1 rings (SSSR count). The largest absolute Gasteiger partial charge is 0.377 e. The van der Waals surface area contributed by atoms with Crippen LogP contribution in [0.3, 0.4) is 0 Å². The van der Waals surface area contributed by atoms with Crippen molar-refractivity contribution in [1.29, 1.82) is 0 Å². The number of benzene rings is 1. The van der Waals surface area contributed by atoms with Crippen molar-refractivity contribution in [3.05, 3.63) is 34.1 Å². The Bertz CT molecular complexity index is 328. The molecule has 0 unspecified atom stereocenters. The van der Waals surface area contributed by atoms with Crippen LogP contribution in [-0.4, -0.2) is 6.61 Å². The number of rotatable bonds is 8. The van der Waals surface area contributed by atoms with Crippen molar-refractivity contribution in [2.45, 2.75) is 45.6 Å². The summed E-state index contributed by atoms with van der Waals surface area (Å²) in [6.45, 7) is 3.29. The second-order valence-corrected chi connectivity index (χ2v) is 5.12. The maximum atomic E-state index is 13.4. The van der Waals surface area contributed by atoms with Crippen LogP contribution in [0.5, 0.6) is 0 Å².